The molecule has 5 rings (SSSR count). The molecule has 1 unspecified atom stereocenters. The maximum atomic E-state index is 13.9. The first kappa shape index (κ1) is 40.2. The highest BCUT2D eigenvalue weighted by Crippen LogP contribution is 2.29. The van der Waals surface area contributed by atoms with Crippen LogP contribution in [0.3, 0.4) is 0 Å². The number of hydrogen-bond donors (Lipinski definition) is 3. The molecule has 0 saturated carbocycles. The van der Waals surface area contributed by atoms with Crippen molar-refractivity contribution < 1.29 is 27.5 Å². The highest BCUT2D eigenvalue weighted by atomic mass is 32.2. The van der Waals surface area contributed by atoms with Crippen molar-refractivity contribution in [3.05, 3.63) is 101 Å². The van der Waals surface area contributed by atoms with Gasteiger partial charge in [0.1, 0.15) is 5.60 Å². The van der Waals surface area contributed by atoms with Crippen LogP contribution in [0.2, 0.25) is 0 Å². The molecular formula is C40H50N6O6S2. The zero-order valence-electron chi connectivity index (χ0n) is 31.3. The van der Waals surface area contributed by atoms with Crippen molar-refractivity contribution in [3.63, 3.8) is 0 Å². The maximum absolute atomic E-state index is 13.9. The number of piperidine rings is 1. The van der Waals surface area contributed by atoms with Gasteiger partial charge in [-0.05, 0) is 69.7 Å². The van der Waals surface area contributed by atoms with Crippen LogP contribution in [-0.4, -0.2) is 85.3 Å². The fourth-order valence-corrected chi connectivity index (χ4v) is 7.64. The summed E-state index contributed by atoms with van der Waals surface area (Å²) in [5.41, 5.74) is 3.57. The number of sulfonamides is 1. The third-order valence-corrected chi connectivity index (χ3v) is 10.2. The van der Waals surface area contributed by atoms with Gasteiger partial charge in [-0.15, -0.1) is 11.3 Å². The highest BCUT2D eigenvalue weighted by Gasteiger charge is 2.28. The molecule has 12 nitrogen and oxygen atoms in total. The first-order valence-electron chi connectivity index (χ1n) is 18.2. The van der Waals surface area contributed by atoms with E-state index in [0.29, 0.717) is 55.5 Å². The molecule has 14 heteroatoms. The molecule has 4 amide bonds. The standard InChI is InChI=1S/C40H50N6O6S2/c1-40(2,3)52-39(49)46-25-11-17-33(27-46)41-36(47)18-12-24-45(26-23-34(29-13-7-5-8-14-29)30-15-9-6-10-16-30)38(48)43-37-42-35(28-53-37)31-19-21-32(22-20-31)44-54(4,50)51/h5-10,13-16,19-22,28,33-34,44H,11-12,17-18,23-27H2,1-4H3,(H,41,47)(H,42,43,48). The number of ether oxygens (including phenoxy) is 1. The molecule has 288 valence electrons. The minimum atomic E-state index is -3.40. The van der Waals surface area contributed by atoms with E-state index in [2.05, 4.69) is 44.6 Å². The molecule has 1 fully saturated rings. The monoisotopic (exact) mass is 774 g/mol. The molecule has 54 heavy (non-hydrogen) atoms. The Morgan fingerprint density at radius 3 is 2.22 bits per heavy atom. The zero-order valence-corrected chi connectivity index (χ0v) is 32.9. The maximum Gasteiger partial charge on any atom is 0.410 e. The van der Waals surface area contributed by atoms with Crippen molar-refractivity contribution in [2.24, 2.45) is 0 Å². The molecule has 1 aliphatic rings. The number of benzene rings is 3. The summed E-state index contributed by atoms with van der Waals surface area (Å²) >= 11 is 1.29. The number of hydrogen-bond acceptors (Lipinski definition) is 8. The molecule has 3 N–H and O–H groups in total. The van der Waals surface area contributed by atoms with E-state index in [1.54, 1.807) is 34.1 Å². The van der Waals surface area contributed by atoms with Crippen molar-refractivity contribution in [2.75, 3.05) is 42.5 Å². The van der Waals surface area contributed by atoms with Crippen LogP contribution in [0.25, 0.3) is 11.3 Å². The number of amides is 4. The Kier molecular flexibility index (Phi) is 13.7. The Morgan fingerprint density at radius 1 is 0.963 bits per heavy atom. The number of urea groups is 1. The van der Waals surface area contributed by atoms with Gasteiger partial charge in [0.2, 0.25) is 15.9 Å². The minimum Gasteiger partial charge on any atom is -0.444 e. The largest absolute Gasteiger partial charge is 0.444 e. The van der Waals surface area contributed by atoms with Gasteiger partial charge in [-0.1, -0.05) is 72.8 Å². The predicted molar refractivity (Wildman–Crippen MR) is 214 cm³/mol. The summed E-state index contributed by atoms with van der Waals surface area (Å²) in [5.74, 6) is -0.0722. The summed E-state index contributed by atoms with van der Waals surface area (Å²) in [6.07, 6.45) is 3.59. The van der Waals surface area contributed by atoms with E-state index in [1.807, 2.05) is 62.5 Å². The SMILES string of the molecule is CC(C)(C)OC(=O)N1CCCC(NC(=O)CCCN(CCC(c2ccccc2)c2ccccc2)C(=O)Nc2nc(-c3ccc(NS(C)(=O)=O)cc3)cs2)C1. The number of anilines is 2. The van der Waals surface area contributed by atoms with Gasteiger partial charge in [-0.2, -0.15) is 0 Å². The Balaban J connectivity index is 1.24. The van der Waals surface area contributed by atoms with Gasteiger partial charge in [0.05, 0.1) is 11.9 Å². The van der Waals surface area contributed by atoms with Crippen LogP contribution in [0.5, 0.6) is 0 Å². The number of likely N-dealkylation sites (tertiary alicyclic amines) is 1. The highest BCUT2D eigenvalue weighted by molar-refractivity contribution is 7.92. The lowest BCUT2D eigenvalue weighted by Crippen LogP contribution is -2.50. The number of carbonyl (C=O) groups excluding carboxylic acids is 3. The first-order chi connectivity index (χ1) is 25.7. The van der Waals surface area contributed by atoms with E-state index in [9.17, 15) is 22.8 Å². The molecule has 4 aromatic rings. The molecular weight excluding hydrogens is 725 g/mol. The number of nitrogens with zero attached hydrogens (tertiary/aromatic N) is 3. The average Bonchev–Trinajstić information content (AvgIpc) is 3.59. The Bertz CT molecular complexity index is 1910. The van der Waals surface area contributed by atoms with Crippen LogP contribution in [-0.2, 0) is 19.6 Å². The fourth-order valence-electron chi connectivity index (χ4n) is 6.37. The molecule has 3 aromatic carbocycles. The second-order valence-corrected chi connectivity index (χ2v) is 17.1. The van der Waals surface area contributed by atoms with Gasteiger partial charge in [-0.25, -0.2) is 23.0 Å². The van der Waals surface area contributed by atoms with Gasteiger partial charge in [-0.3, -0.25) is 14.8 Å². The van der Waals surface area contributed by atoms with Crippen LogP contribution < -0.4 is 15.4 Å². The summed E-state index contributed by atoms with van der Waals surface area (Å²) in [7, 11) is -3.40. The van der Waals surface area contributed by atoms with Crippen molar-refractivity contribution in [2.45, 2.75) is 70.4 Å². The number of rotatable bonds is 14. The van der Waals surface area contributed by atoms with E-state index in [0.717, 1.165) is 35.8 Å². The van der Waals surface area contributed by atoms with E-state index in [-0.39, 0.29) is 36.4 Å². The molecule has 0 bridgehead atoms. The molecule has 1 aliphatic heterocycles. The van der Waals surface area contributed by atoms with Crippen LogP contribution in [0.1, 0.15) is 69.9 Å². The summed E-state index contributed by atoms with van der Waals surface area (Å²) in [4.78, 5) is 47.6. The van der Waals surface area contributed by atoms with Crippen LogP contribution in [0, 0.1) is 0 Å². The van der Waals surface area contributed by atoms with Gasteiger partial charge in [0.25, 0.3) is 0 Å². The average molecular weight is 775 g/mol. The van der Waals surface area contributed by atoms with E-state index >= 15 is 0 Å². The topological polar surface area (TPSA) is 150 Å². The third kappa shape index (κ3) is 12.6. The Morgan fingerprint density at radius 2 is 1.61 bits per heavy atom. The number of thiazole rings is 1. The van der Waals surface area contributed by atoms with E-state index < -0.39 is 15.6 Å². The lowest BCUT2D eigenvalue weighted by atomic mass is 9.88. The smallest absolute Gasteiger partial charge is 0.410 e. The molecule has 1 saturated heterocycles. The van der Waals surface area contributed by atoms with Crippen molar-refractivity contribution in [3.8, 4) is 11.3 Å². The second kappa shape index (κ2) is 18.4. The molecule has 0 radical (unpaired) electrons. The van der Waals surface area contributed by atoms with Crippen molar-refractivity contribution in [1.29, 1.82) is 0 Å². The molecule has 2 heterocycles. The first-order valence-corrected chi connectivity index (χ1v) is 21.0. The van der Waals surface area contributed by atoms with Gasteiger partial charge >= 0.3 is 12.1 Å². The van der Waals surface area contributed by atoms with Gasteiger partial charge in [0, 0.05) is 61.2 Å². The quantitative estimate of drug-likeness (QED) is 0.120. The lowest BCUT2D eigenvalue weighted by Gasteiger charge is -2.34. The number of aromatic nitrogens is 1. The van der Waals surface area contributed by atoms with Crippen molar-refractivity contribution >= 4 is 50.2 Å². The molecule has 1 aromatic heterocycles. The third-order valence-electron chi connectivity index (χ3n) is 8.85. The second-order valence-electron chi connectivity index (χ2n) is 14.5. The number of nitrogens with one attached hydrogen (secondary N) is 3. The lowest BCUT2D eigenvalue weighted by molar-refractivity contribution is -0.122. The normalized spacial score (nSPS) is 14.7. The van der Waals surface area contributed by atoms with Crippen LogP contribution >= 0.6 is 11.3 Å². The summed E-state index contributed by atoms with van der Waals surface area (Å²) in [6, 6.07) is 26.8. The zero-order chi connectivity index (χ0) is 38.7. The van der Waals surface area contributed by atoms with Crippen LogP contribution in [0.15, 0.2) is 90.3 Å². The van der Waals surface area contributed by atoms with E-state index in [1.165, 1.54) is 11.3 Å². The molecule has 1 atom stereocenters. The van der Waals surface area contributed by atoms with Crippen molar-refractivity contribution in [1.82, 2.24) is 20.1 Å². The molecule has 0 aliphatic carbocycles. The summed E-state index contributed by atoms with van der Waals surface area (Å²) in [6.45, 7) is 7.26. The number of carbonyl (C=O) groups is 3. The molecule has 0 spiro atoms. The summed E-state index contributed by atoms with van der Waals surface area (Å²) in [5, 5.41) is 8.31. The summed E-state index contributed by atoms with van der Waals surface area (Å²) < 4.78 is 31.2. The predicted octanol–water partition coefficient (Wildman–Crippen LogP) is 7.53. The van der Waals surface area contributed by atoms with Gasteiger partial charge in [0.15, 0.2) is 5.13 Å². The minimum absolute atomic E-state index is 0.0526. The van der Waals surface area contributed by atoms with Crippen LogP contribution in [0.4, 0.5) is 20.4 Å². The Labute approximate surface area is 322 Å². The fraction of sp³-hybridized carbons (Fsp3) is 0.400. The van der Waals surface area contributed by atoms with Gasteiger partial charge < -0.3 is 19.9 Å². The Hall–Kier alpha value is -4.95. The van der Waals surface area contributed by atoms with E-state index in [4.69, 9.17) is 4.74 Å².